The summed E-state index contributed by atoms with van der Waals surface area (Å²) in [6, 6.07) is 6.25. The number of aldehydes is 1. The third kappa shape index (κ3) is 2.56. The summed E-state index contributed by atoms with van der Waals surface area (Å²) < 4.78 is 0. The Hall–Kier alpha value is -1.37. The molecular formula is C14H18O. The van der Waals surface area contributed by atoms with E-state index in [-0.39, 0.29) is 0 Å². The number of aryl methyl sites for hydroxylation is 1. The summed E-state index contributed by atoms with van der Waals surface area (Å²) in [7, 11) is 0. The van der Waals surface area contributed by atoms with Gasteiger partial charge in [0.05, 0.1) is 0 Å². The molecule has 0 saturated carbocycles. The van der Waals surface area contributed by atoms with Gasteiger partial charge in [0, 0.05) is 5.57 Å². The number of rotatable bonds is 3. The van der Waals surface area contributed by atoms with Crippen LogP contribution in [0.5, 0.6) is 0 Å². The summed E-state index contributed by atoms with van der Waals surface area (Å²) in [5.41, 5.74) is 4.32. The first-order valence-electron chi connectivity index (χ1n) is 5.32. The molecule has 1 heteroatoms. The minimum Gasteiger partial charge on any atom is -0.298 e. The maximum Gasteiger partial charge on any atom is 0.150 e. The second-order valence-electron chi connectivity index (χ2n) is 4.11. The van der Waals surface area contributed by atoms with Crippen molar-refractivity contribution in [1.29, 1.82) is 0 Å². The van der Waals surface area contributed by atoms with E-state index in [2.05, 4.69) is 26.8 Å². The average Bonchev–Trinajstić information content (AvgIpc) is 2.21. The van der Waals surface area contributed by atoms with E-state index < -0.39 is 0 Å². The SMILES string of the molecule is C/C=C(/C=O)c1ccc(C)cc1C(C)C. The summed E-state index contributed by atoms with van der Waals surface area (Å²) in [4.78, 5) is 10.9. The highest BCUT2D eigenvalue weighted by Crippen LogP contribution is 2.25. The highest BCUT2D eigenvalue weighted by atomic mass is 16.1. The highest BCUT2D eigenvalue weighted by molar-refractivity contribution is 6.07. The van der Waals surface area contributed by atoms with Gasteiger partial charge in [0.25, 0.3) is 0 Å². The van der Waals surface area contributed by atoms with E-state index in [9.17, 15) is 4.79 Å². The third-order valence-electron chi connectivity index (χ3n) is 2.58. The molecule has 1 nitrogen and oxygen atoms in total. The Morgan fingerprint density at radius 3 is 2.47 bits per heavy atom. The molecule has 0 heterocycles. The van der Waals surface area contributed by atoms with Gasteiger partial charge in [-0.15, -0.1) is 0 Å². The van der Waals surface area contributed by atoms with E-state index in [1.165, 1.54) is 11.1 Å². The molecule has 0 aromatic heterocycles. The zero-order valence-electron chi connectivity index (χ0n) is 9.87. The Bertz CT molecular complexity index is 386. The van der Waals surface area contributed by atoms with Crippen LogP contribution in [0.2, 0.25) is 0 Å². The third-order valence-corrected chi connectivity index (χ3v) is 2.58. The Balaban J connectivity index is 3.34. The topological polar surface area (TPSA) is 17.1 Å². The van der Waals surface area contributed by atoms with E-state index >= 15 is 0 Å². The van der Waals surface area contributed by atoms with Crippen LogP contribution in [-0.2, 0) is 4.79 Å². The molecule has 0 radical (unpaired) electrons. The van der Waals surface area contributed by atoms with Gasteiger partial charge in [-0.1, -0.05) is 43.7 Å². The first-order valence-corrected chi connectivity index (χ1v) is 5.32. The van der Waals surface area contributed by atoms with Crippen molar-refractivity contribution in [3.63, 3.8) is 0 Å². The molecule has 0 unspecified atom stereocenters. The molecule has 80 valence electrons. The second-order valence-corrected chi connectivity index (χ2v) is 4.11. The fraction of sp³-hybridized carbons (Fsp3) is 0.357. The molecule has 0 N–H and O–H groups in total. The van der Waals surface area contributed by atoms with Crippen LogP contribution in [0.1, 0.15) is 43.4 Å². The van der Waals surface area contributed by atoms with Crippen molar-refractivity contribution in [3.05, 3.63) is 41.0 Å². The van der Waals surface area contributed by atoms with Crippen LogP contribution in [0.15, 0.2) is 24.3 Å². The molecule has 1 aromatic carbocycles. The van der Waals surface area contributed by atoms with Gasteiger partial charge in [-0.2, -0.15) is 0 Å². The van der Waals surface area contributed by atoms with Crippen LogP contribution in [0.4, 0.5) is 0 Å². The first kappa shape index (κ1) is 11.7. The lowest BCUT2D eigenvalue weighted by atomic mass is 9.91. The number of allylic oxidation sites excluding steroid dienone is 2. The minimum atomic E-state index is 0.440. The van der Waals surface area contributed by atoms with E-state index in [4.69, 9.17) is 0 Å². The lowest BCUT2D eigenvalue weighted by Gasteiger charge is -2.13. The summed E-state index contributed by atoms with van der Waals surface area (Å²) in [6.45, 7) is 8.27. The van der Waals surface area contributed by atoms with Crippen molar-refractivity contribution in [1.82, 2.24) is 0 Å². The molecular weight excluding hydrogens is 184 g/mol. The van der Waals surface area contributed by atoms with Gasteiger partial charge in [-0.3, -0.25) is 4.79 Å². The van der Waals surface area contributed by atoms with Crippen molar-refractivity contribution in [2.75, 3.05) is 0 Å². The molecule has 0 aliphatic rings. The number of benzene rings is 1. The monoisotopic (exact) mass is 202 g/mol. The van der Waals surface area contributed by atoms with Crippen LogP contribution in [-0.4, -0.2) is 6.29 Å². The van der Waals surface area contributed by atoms with Crippen LogP contribution in [0, 0.1) is 6.92 Å². The minimum absolute atomic E-state index is 0.440. The number of hydrogen-bond donors (Lipinski definition) is 0. The molecule has 1 aromatic rings. The maximum absolute atomic E-state index is 10.9. The zero-order valence-corrected chi connectivity index (χ0v) is 9.87. The molecule has 0 saturated heterocycles. The molecule has 0 aliphatic heterocycles. The quantitative estimate of drug-likeness (QED) is 0.539. The van der Waals surface area contributed by atoms with Crippen molar-refractivity contribution in [2.45, 2.75) is 33.6 Å². The van der Waals surface area contributed by atoms with Crippen LogP contribution in [0.3, 0.4) is 0 Å². The number of carbonyl (C=O) groups excluding carboxylic acids is 1. The van der Waals surface area contributed by atoms with Gasteiger partial charge in [-0.05, 0) is 30.9 Å². The highest BCUT2D eigenvalue weighted by Gasteiger charge is 2.09. The van der Waals surface area contributed by atoms with Crippen molar-refractivity contribution >= 4 is 11.9 Å². The molecule has 1 rings (SSSR count). The number of hydrogen-bond acceptors (Lipinski definition) is 1. The van der Waals surface area contributed by atoms with Gasteiger partial charge in [-0.25, -0.2) is 0 Å². The summed E-state index contributed by atoms with van der Waals surface area (Å²) in [5, 5.41) is 0. The van der Waals surface area contributed by atoms with Gasteiger partial charge < -0.3 is 0 Å². The Labute approximate surface area is 91.8 Å². The summed E-state index contributed by atoms with van der Waals surface area (Å²) >= 11 is 0. The first-order chi connectivity index (χ1) is 7.10. The fourth-order valence-corrected chi connectivity index (χ4v) is 1.71. The maximum atomic E-state index is 10.9. The number of carbonyl (C=O) groups is 1. The lowest BCUT2D eigenvalue weighted by molar-refractivity contribution is -0.103. The van der Waals surface area contributed by atoms with Crippen LogP contribution < -0.4 is 0 Å². The standard InChI is InChI=1S/C14H18O/c1-5-12(9-15)13-7-6-11(4)8-14(13)10(2)3/h5-10H,1-4H3/b12-5-. The normalized spacial score (nSPS) is 11.9. The lowest BCUT2D eigenvalue weighted by Crippen LogP contribution is -1.97. The smallest absolute Gasteiger partial charge is 0.150 e. The predicted octanol–water partition coefficient (Wildman–Crippen LogP) is 3.72. The van der Waals surface area contributed by atoms with Crippen molar-refractivity contribution in [2.24, 2.45) is 0 Å². The molecule has 15 heavy (non-hydrogen) atoms. The largest absolute Gasteiger partial charge is 0.298 e. The van der Waals surface area contributed by atoms with Gasteiger partial charge >= 0.3 is 0 Å². The molecule has 0 amide bonds. The van der Waals surface area contributed by atoms with Crippen LogP contribution >= 0.6 is 0 Å². The van der Waals surface area contributed by atoms with E-state index in [0.717, 1.165) is 17.4 Å². The van der Waals surface area contributed by atoms with E-state index in [0.29, 0.717) is 5.92 Å². The zero-order chi connectivity index (χ0) is 11.4. The fourth-order valence-electron chi connectivity index (χ4n) is 1.71. The van der Waals surface area contributed by atoms with E-state index in [1.807, 2.05) is 25.1 Å². The van der Waals surface area contributed by atoms with Crippen LogP contribution in [0.25, 0.3) is 5.57 Å². The van der Waals surface area contributed by atoms with Gasteiger partial charge in [0.15, 0.2) is 0 Å². The second kappa shape index (κ2) is 4.92. The molecule has 0 bridgehead atoms. The molecule has 0 spiro atoms. The molecule has 0 atom stereocenters. The Morgan fingerprint density at radius 1 is 1.33 bits per heavy atom. The van der Waals surface area contributed by atoms with Gasteiger partial charge in [0.2, 0.25) is 0 Å². The molecule has 0 aliphatic carbocycles. The van der Waals surface area contributed by atoms with Crippen molar-refractivity contribution < 1.29 is 4.79 Å². The Kier molecular flexibility index (Phi) is 3.84. The summed E-state index contributed by atoms with van der Waals surface area (Å²) in [6.07, 6.45) is 2.79. The predicted molar refractivity (Wildman–Crippen MR) is 65.0 cm³/mol. The Morgan fingerprint density at radius 2 is 2.00 bits per heavy atom. The average molecular weight is 202 g/mol. The van der Waals surface area contributed by atoms with Gasteiger partial charge in [0.1, 0.15) is 6.29 Å². The van der Waals surface area contributed by atoms with Crippen molar-refractivity contribution in [3.8, 4) is 0 Å². The molecule has 0 fully saturated rings. The summed E-state index contributed by atoms with van der Waals surface area (Å²) in [5.74, 6) is 0.440. The van der Waals surface area contributed by atoms with E-state index in [1.54, 1.807) is 0 Å².